The molecular weight excluding hydrogens is 200 g/mol. The molecule has 4 nitrogen and oxygen atoms in total. The average Bonchev–Trinajstić information content (AvgIpc) is 2.58. The lowest BCUT2D eigenvalue weighted by Crippen LogP contribution is -2.35. The fourth-order valence-electron chi connectivity index (χ4n) is 1.17. The number of aryl methyl sites for hydroxylation is 1. The highest BCUT2D eigenvalue weighted by atomic mass is 15.3. The Kier molecular flexibility index (Phi) is 4.24. The van der Waals surface area contributed by atoms with Crippen LogP contribution in [0.15, 0.2) is 18.5 Å². The molecule has 90 valence electrons. The third-order valence-electron chi connectivity index (χ3n) is 2.13. The monoisotopic (exact) mass is 222 g/mol. The zero-order valence-corrected chi connectivity index (χ0v) is 10.7. The van der Waals surface area contributed by atoms with E-state index in [4.69, 9.17) is 0 Å². The van der Waals surface area contributed by atoms with Crippen LogP contribution in [0.25, 0.3) is 0 Å². The molecule has 0 aliphatic rings. The number of allylic oxidation sites excluding steroid dienone is 1. The van der Waals surface area contributed by atoms with Gasteiger partial charge in [-0.05, 0) is 34.1 Å². The quantitative estimate of drug-likeness (QED) is 0.776. The minimum Gasteiger partial charge on any atom is -0.305 e. The van der Waals surface area contributed by atoms with E-state index >= 15 is 0 Å². The number of rotatable bonds is 5. The Labute approximate surface area is 97.8 Å². The van der Waals surface area contributed by atoms with Crippen molar-refractivity contribution < 1.29 is 0 Å². The van der Waals surface area contributed by atoms with Gasteiger partial charge in [0, 0.05) is 12.1 Å². The van der Waals surface area contributed by atoms with Crippen LogP contribution in [0.3, 0.4) is 0 Å². The topological polar surface area (TPSA) is 42.7 Å². The predicted molar refractivity (Wildman–Crippen MR) is 66.0 cm³/mol. The van der Waals surface area contributed by atoms with Crippen LogP contribution in [0.5, 0.6) is 0 Å². The highest BCUT2D eigenvalue weighted by Crippen LogP contribution is 2.02. The lowest BCUT2D eigenvalue weighted by atomic mass is 10.1. The minimum absolute atomic E-state index is 0.100. The molecule has 0 fully saturated rings. The second-order valence-corrected chi connectivity index (χ2v) is 5.23. The summed E-state index contributed by atoms with van der Waals surface area (Å²) in [5.41, 5.74) is 1.27. The maximum absolute atomic E-state index is 4.39. The first-order valence-corrected chi connectivity index (χ1v) is 5.64. The Morgan fingerprint density at radius 3 is 2.75 bits per heavy atom. The molecule has 0 radical (unpaired) electrons. The first-order valence-electron chi connectivity index (χ1n) is 5.64. The number of aromatic nitrogens is 3. The van der Waals surface area contributed by atoms with Gasteiger partial charge in [0.15, 0.2) is 5.82 Å². The molecule has 0 bridgehead atoms. The van der Waals surface area contributed by atoms with Crippen LogP contribution >= 0.6 is 0 Å². The van der Waals surface area contributed by atoms with E-state index in [1.54, 1.807) is 6.33 Å². The van der Waals surface area contributed by atoms with Crippen LogP contribution in [-0.4, -0.2) is 20.3 Å². The second kappa shape index (κ2) is 5.25. The molecule has 0 aliphatic carbocycles. The van der Waals surface area contributed by atoms with Crippen molar-refractivity contribution in [2.75, 3.05) is 0 Å². The summed E-state index contributed by atoms with van der Waals surface area (Å²) in [5.74, 6) is 0.844. The fourth-order valence-corrected chi connectivity index (χ4v) is 1.17. The van der Waals surface area contributed by atoms with Gasteiger partial charge in [-0.15, -0.1) is 6.58 Å². The summed E-state index contributed by atoms with van der Waals surface area (Å²) in [6.45, 7) is 13.9. The molecule has 0 saturated carbocycles. The molecule has 0 atom stereocenters. The Morgan fingerprint density at radius 2 is 2.19 bits per heavy atom. The molecule has 1 heterocycles. The van der Waals surface area contributed by atoms with E-state index in [1.165, 1.54) is 5.57 Å². The summed E-state index contributed by atoms with van der Waals surface area (Å²) in [6.07, 6.45) is 2.73. The summed E-state index contributed by atoms with van der Waals surface area (Å²) in [5, 5.41) is 7.75. The fraction of sp³-hybridized carbons (Fsp3) is 0.667. The van der Waals surface area contributed by atoms with E-state index in [2.05, 4.69) is 42.7 Å². The second-order valence-electron chi connectivity index (χ2n) is 5.23. The molecule has 1 aromatic heterocycles. The molecule has 16 heavy (non-hydrogen) atoms. The van der Waals surface area contributed by atoms with E-state index in [0.717, 1.165) is 18.8 Å². The summed E-state index contributed by atoms with van der Waals surface area (Å²) < 4.78 is 1.87. The van der Waals surface area contributed by atoms with Gasteiger partial charge in [-0.3, -0.25) is 4.68 Å². The van der Waals surface area contributed by atoms with Crippen LogP contribution in [-0.2, 0) is 13.1 Å². The maximum atomic E-state index is 4.39. The van der Waals surface area contributed by atoms with Crippen LogP contribution in [0.1, 0.15) is 39.9 Å². The number of hydrogen-bond donors (Lipinski definition) is 1. The number of nitrogens with zero attached hydrogens (tertiary/aromatic N) is 3. The predicted octanol–water partition coefficient (Wildman–Crippen LogP) is 2.13. The molecule has 0 saturated heterocycles. The van der Waals surface area contributed by atoms with Crippen LogP contribution in [0, 0.1) is 0 Å². The van der Waals surface area contributed by atoms with Gasteiger partial charge in [0.05, 0.1) is 6.54 Å². The first kappa shape index (κ1) is 12.9. The molecular formula is C12H22N4. The normalized spacial score (nSPS) is 11.8. The Balaban J connectivity index is 2.42. The Bertz CT molecular complexity index is 346. The average molecular weight is 222 g/mol. The van der Waals surface area contributed by atoms with Crippen molar-refractivity contribution in [1.82, 2.24) is 20.1 Å². The molecule has 0 aliphatic heterocycles. The molecule has 1 N–H and O–H groups in total. The largest absolute Gasteiger partial charge is 0.305 e. The van der Waals surface area contributed by atoms with Crippen LogP contribution in [0.2, 0.25) is 0 Å². The smallest absolute Gasteiger partial charge is 0.164 e. The van der Waals surface area contributed by atoms with E-state index in [1.807, 2.05) is 11.6 Å². The lowest BCUT2D eigenvalue weighted by molar-refractivity contribution is 0.416. The Morgan fingerprint density at radius 1 is 1.50 bits per heavy atom. The van der Waals surface area contributed by atoms with Crippen molar-refractivity contribution in [2.45, 2.75) is 52.7 Å². The number of hydrogen-bond acceptors (Lipinski definition) is 3. The van der Waals surface area contributed by atoms with E-state index in [9.17, 15) is 0 Å². The van der Waals surface area contributed by atoms with Gasteiger partial charge in [-0.25, -0.2) is 4.98 Å². The minimum atomic E-state index is 0.100. The van der Waals surface area contributed by atoms with Crippen molar-refractivity contribution >= 4 is 0 Å². The highest BCUT2D eigenvalue weighted by molar-refractivity contribution is 4.88. The zero-order valence-electron chi connectivity index (χ0n) is 10.7. The molecule has 0 spiro atoms. The summed E-state index contributed by atoms with van der Waals surface area (Å²) >= 11 is 0. The van der Waals surface area contributed by atoms with Crippen molar-refractivity contribution in [3.05, 3.63) is 24.3 Å². The van der Waals surface area contributed by atoms with Gasteiger partial charge < -0.3 is 5.32 Å². The van der Waals surface area contributed by atoms with E-state index < -0.39 is 0 Å². The van der Waals surface area contributed by atoms with Crippen LogP contribution in [0.4, 0.5) is 0 Å². The van der Waals surface area contributed by atoms with E-state index in [0.29, 0.717) is 6.54 Å². The third-order valence-corrected chi connectivity index (χ3v) is 2.13. The maximum Gasteiger partial charge on any atom is 0.164 e. The third kappa shape index (κ3) is 5.07. The summed E-state index contributed by atoms with van der Waals surface area (Å²) in [6, 6.07) is 0. The molecule has 0 aromatic carbocycles. The van der Waals surface area contributed by atoms with Crippen LogP contribution < -0.4 is 5.32 Å². The summed E-state index contributed by atoms with van der Waals surface area (Å²) in [4.78, 5) is 4.26. The van der Waals surface area contributed by atoms with Crippen molar-refractivity contribution in [1.29, 1.82) is 0 Å². The van der Waals surface area contributed by atoms with Gasteiger partial charge in [-0.1, -0.05) is 5.57 Å². The van der Waals surface area contributed by atoms with Crippen molar-refractivity contribution in [3.63, 3.8) is 0 Å². The summed E-state index contributed by atoms with van der Waals surface area (Å²) in [7, 11) is 0. The van der Waals surface area contributed by atoms with Crippen molar-refractivity contribution in [3.8, 4) is 0 Å². The van der Waals surface area contributed by atoms with Gasteiger partial charge in [0.2, 0.25) is 0 Å². The SMILES string of the molecule is C=C(C)CCn1cnc(CNC(C)(C)C)n1. The van der Waals surface area contributed by atoms with Gasteiger partial charge >= 0.3 is 0 Å². The van der Waals surface area contributed by atoms with Gasteiger partial charge in [-0.2, -0.15) is 5.10 Å². The Hall–Kier alpha value is -1.16. The highest BCUT2D eigenvalue weighted by Gasteiger charge is 2.10. The molecule has 0 unspecified atom stereocenters. The molecule has 0 amide bonds. The van der Waals surface area contributed by atoms with Gasteiger partial charge in [0.25, 0.3) is 0 Å². The first-order chi connectivity index (χ1) is 7.37. The molecule has 4 heteroatoms. The molecule has 1 rings (SSSR count). The van der Waals surface area contributed by atoms with Crippen molar-refractivity contribution in [2.24, 2.45) is 0 Å². The standard InChI is InChI=1S/C12H22N4/c1-10(2)6-7-16-9-13-11(15-16)8-14-12(3,4)5/h9,14H,1,6-8H2,2-5H3. The van der Waals surface area contributed by atoms with E-state index in [-0.39, 0.29) is 5.54 Å². The number of nitrogens with one attached hydrogen (secondary N) is 1. The molecule has 1 aromatic rings. The zero-order chi connectivity index (χ0) is 12.2. The van der Waals surface area contributed by atoms with Gasteiger partial charge in [0.1, 0.15) is 6.33 Å². The lowest BCUT2D eigenvalue weighted by Gasteiger charge is -2.19.